The Balaban J connectivity index is 1.87. The minimum Gasteiger partial charge on any atom is -0.481 e. The summed E-state index contributed by atoms with van der Waals surface area (Å²) in [5.41, 5.74) is 0. The summed E-state index contributed by atoms with van der Waals surface area (Å²) < 4.78 is 5.61. The van der Waals surface area contributed by atoms with Gasteiger partial charge in [-0.2, -0.15) is 0 Å². The second-order valence-electron chi connectivity index (χ2n) is 5.94. The number of hydrogen-bond acceptors (Lipinski definition) is 3. The van der Waals surface area contributed by atoms with E-state index in [9.17, 15) is 9.59 Å². The number of aliphatic carboxylic acids is 1. The van der Waals surface area contributed by atoms with Gasteiger partial charge in [-0.15, -0.1) is 0 Å². The summed E-state index contributed by atoms with van der Waals surface area (Å²) in [6, 6.07) is 0. The van der Waals surface area contributed by atoms with Crippen LogP contribution in [0.3, 0.4) is 0 Å². The zero-order chi connectivity index (χ0) is 14.5. The third-order valence-electron chi connectivity index (χ3n) is 4.53. The normalized spacial score (nSPS) is 30.4. The highest BCUT2D eigenvalue weighted by Crippen LogP contribution is 2.28. The van der Waals surface area contributed by atoms with E-state index < -0.39 is 5.97 Å². The molecule has 5 heteroatoms. The highest BCUT2D eigenvalue weighted by Gasteiger charge is 2.36. The molecule has 0 spiro atoms. The van der Waals surface area contributed by atoms with Gasteiger partial charge in [0.25, 0.3) is 0 Å². The quantitative estimate of drug-likeness (QED) is 0.837. The summed E-state index contributed by atoms with van der Waals surface area (Å²) in [7, 11) is 0. The van der Waals surface area contributed by atoms with Crippen LogP contribution >= 0.6 is 0 Å². The van der Waals surface area contributed by atoms with Crippen molar-refractivity contribution in [2.45, 2.75) is 51.6 Å². The predicted molar refractivity (Wildman–Crippen MR) is 74.3 cm³/mol. The number of nitrogens with zero attached hydrogens (tertiary/aromatic N) is 1. The number of ether oxygens (including phenoxy) is 1. The van der Waals surface area contributed by atoms with E-state index in [0.29, 0.717) is 18.9 Å². The zero-order valence-electron chi connectivity index (χ0n) is 12.2. The van der Waals surface area contributed by atoms with E-state index in [4.69, 9.17) is 9.84 Å². The topological polar surface area (TPSA) is 66.8 Å². The van der Waals surface area contributed by atoms with Crippen molar-refractivity contribution in [2.75, 3.05) is 19.7 Å². The average Bonchev–Trinajstić information content (AvgIpc) is 2.93. The van der Waals surface area contributed by atoms with Crippen LogP contribution in [0.4, 0.5) is 0 Å². The van der Waals surface area contributed by atoms with Crippen molar-refractivity contribution in [1.82, 2.24) is 4.90 Å². The van der Waals surface area contributed by atoms with Gasteiger partial charge in [-0.25, -0.2) is 0 Å². The number of piperidine rings is 1. The second kappa shape index (κ2) is 7.07. The molecule has 1 amide bonds. The summed E-state index contributed by atoms with van der Waals surface area (Å²) in [5, 5.41) is 8.76. The van der Waals surface area contributed by atoms with Crippen molar-refractivity contribution in [2.24, 2.45) is 11.8 Å². The van der Waals surface area contributed by atoms with Gasteiger partial charge >= 0.3 is 5.97 Å². The van der Waals surface area contributed by atoms with Gasteiger partial charge in [-0.1, -0.05) is 6.92 Å². The lowest BCUT2D eigenvalue weighted by molar-refractivity contribution is -0.139. The molecule has 0 saturated carbocycles. The monoisotopic (exact) mass is 283 g/mol. The Labute approximate surface area is 120 Å². The summed E-state index contributed by atoms with van der Waals surface area (Å²) >= 11 is 0. The molecular formula is C15H25NO4. The largest absolute Gasteiger partial charge is 0.481 e. The number of likely N-dealkylation sites (tertiary alicyclic amines) is 1. The lowest BCUT2D eigenvalue weighted by Crippen LogP contribution is -2.44. The van der Waals surface area contributed by atoms with Gasteiger partial charge in [0.2, 0.25) is 5.91 Å². The molecule has 20 heavy (non-hydrogen) atoms. The minimum absolute atomic E-state index is 0.0122. The molecule has 0 aromatic heterocycles. The van der Waals surface area contributed by atoms with Gasteiger partial charge in [0.1, 0.15) is 0 Å². The zero-order valence-corrected chi connectivity index (χ0v) is 12.2. The van der Waals surface area contributed by atoms with E-state index in [1.54, 1.807) is 0 Å². The predicted octanol–water partition coefficient (Wildman–Crippen LogP) is 1.90. The molecule has 2 heterocycles. The minimum atomic E-state index is -0.747. The molecule has 2 fully saturated rings. The molecule has 2 aliphatic heterocycles. The van der Waals surface area contributed by atoms with Crippen LogP contribution in [0.25, 0.3) is 0 Å². The number of amides is 1. The Morgan fingerprint density at radius 3 is 2.85 bits per heavy atom. The Hall–Kier alpha value is -1.10. The van der Waals surface area contributed by atoms with Gasteiger partial charge < -0.3 is 14.7 Å². The van der Waals surface area contributed by atoms with Crippen LogP contribution in [0.15, 0.2) is 0 Å². The fourth-order valence-electron chi connectivity index (χ4n) is 3.40. The number of rotatable bonds is 5. The molecule has 0 bridgehead atoms. The molecule has 0 aromatic rings. The molecule has 2 rings (SSSR count). The molecule has 5 nitrogen and oxygen atoms in total. The van der Waals surface area contributed by atoms with Crippen molar-refractivity contribution in [3.05, 3.63) is 0 Å². The third-order valence-corrected chi connectivity index (χ3v) is 4.53. The van der Waals surface area contributed by atoms with Crippen molar-refractivity contribution < 1.29 is 19.4 Å². The van der Waals surface area contributed by atoms with Crippen molar-refractivity contribution in [1.29, 1.82) is 0 Å². The smallest absolute Gasteiger partial charge is 0.303 e. The molecule has 0 radical (unpaired) electrons. The first-order valence-corrected chi connectivity index (χ1v) is 7.74. The summed E-state index contributed by atoms with van der Waals surface area (Å²) in [5.74, 6) is -0.178. The second-order valence-corrected chi connectivity index (χ2v) is 5.94. The molecule has 0 aromatic carbocycles. The average molecular weight is 283 g/mol. The standard InChI is InChI=1S/C15H25NO4/c1-2-13-12(7-9-20-13)15(19)16-8-3-4-11(10-16)5-6-14(17)18/h11-13H,2-10H2,1H3,(H,17,18). The fourth-order valence-corrected chi connectivity index (χ4v) is 3.40. The number of carbonyl (C=O) groups excluding carboxylic acids is 1. The molecule has 0 aliphatic carbocycles. The molecule has 3 unspecified atom stereocenters. The van der Waals surface area contributed by atoms with E-state index in [-0.39, 0.29) is 24.3 Å². The number of carbonyl (C=O) groups is 2. The maximum atomic E-state index is 12.6. The maximum Gasteiger partial charge on any atom is 0.303 e. The Bertz CT molecular complexity index is 358. The van der Waals surface area contributed by atoms with E-state index >= 15 is 0 Å². The summed E-state index contributed by atoms with van der Waals surface area (Å²) in [4.78, 5) is 25.2. The third kappa shape index (κ3) is 3.72. The SMILES string of the molecule is CCC1OCCC1C(=O)N1CCCC(CCC(=O)O)C1. The number of carboxylic acids is 1. The Morgan fingerprint density at radius 1 is 1.35 bits per heavy atom. The molecular weight excluding hydrogens is 258 g/mol. The van der Waals surface area contributed by atoms with Crippen LogP contribution in [0.5, 0.6) is 0 Å². The van der Waals surface area contributed by atoms with Crippen molar-refractivity contribution >= 4 is 11.9 Å². The number of carboxylic acid groups (broad SMARTS) is 1. The highest BCUT2D eigenvalue weighted by atomic mass is 16.5. The van der Waals surface area contributed by atoms with Crippen LogP contribution in [-0.2, 0) is 14.3 Å². The van der Waals surface area contributed by atoms with Gasteiger partial charge in [-0.05, 0) is 38.0 Å². The van der Waals surface area contributed by atoms with Gasteiger partial charge in [0.05, 0.1) is 12.0 Å². The van der Waals surface area contributed by atoms with E-state index in [1.165, 1.54) is 0 Å². The lowest BCUT2D eigenvalue weighted by Gasteiger charge is -2.35. The maximum absolute atomic E-state index is 12.6. The Kier molecular flexibility index (Phi) is 5.40. The van der Waals surface area contributed by atoms with Crippen LogP contribution in [0.2, 0.25) is 0 Å². The van der Waals surface area contributed by atoms with E-state index in [1.807, 2.05) is 4.90 Å². The highest BCUT2D eigenvalue weighted by molar-refractivity contribution is 5.79. The molecule has 1 N–H and O–H groups in total. The molecule has 3 atom stereocenters. The van der Waals surface area contributed by atoms with Crippen LogP contribution in [-0.4, -0.2) is 47.7 Å². The van der Waals surface area contributed by atoms with E-state index in [0.717, 1.165) is 38.8 Å². The van der Waals surface area contributed by atoms with Gasteiger partial charge in [-0.3, -0.25) is 9.59 Å². The van der Waals surface area contributed by atoms with Crippen LogP contribution in [0, 0.1) is 11.8 Å². The van der Waals surface area contributed by atoms with Gasteiger partial charge in [0, 0.05) is 26.1 Å². The first-order valence-electron chi connectivity index (χ1n) is 7.74. The van der Waals surface area contributed by atoms with Crippen LogP contribution in [0.1, 0.15) is 45.4 Å². The molecule has 2 saturated heterocycles. The molecule has 2 aliphatic rings. The Morgan fingerprint density at radius 2 is 2.15 bits per heavy atom. The van der Waals surface area contributed by atoms with Gasteiger partial charge in [0.15, 0.2) is 0 Å². The molecule has 114 valence electrons. The first kappa shape index (κ1) is 15.3. The lowest BCUT2D eigenvalue weighted by atomic mass is 9.91. The summed E-state index contributed by atoms with van der Waals surface area (Å²) in [6.45, 7) is 4.28. The van der Waals surface area contributed by atoms with Crippen molar-refractivity contribution in [3.8, 4) is 0 Å². The number of hydrogen-bond donors (Lipinski definition) is 1. The first-order chi connectivity index (χ1) is 9.61. The van der Waals surface area contributed by atoms with E-state index in [2.05, 4.69) is 6.92 Å². The van der Waals surface area contributed by atoms with Crippen molar-refractivity contribution in [3.63, 3.8) is 0 Å². The van der Waals surface area contributed by atoms with Crippen LogP contribution < -0.4 is 0 Å². The summed E-state index contributed by atoms with van der Waals surface area (Å²) in [6.07, 6.45) is 4.69. The fraction of sp³-hybridized carbons (Fsp3) is 0.867.